The van der Waals surface area contributed by atoms with Crippen molar-refractivity contribution in [2.75, 3.05) is 5.75 Å². The molecule has 0 radical (unpaired) electrons. The molecule has 0 aliphatic heterocycles. The normalized spacial score (nSPS) is 11.6. The molecule has 102 valence electrons. The minimum atomic E-state index is -1.62. The van der Waals surface area contributed by atoms with Crippen LogP contribution < -0.4 is 11.1 Å². The highest BCUT2D eigenvalue weighted by molar-refractivity contribution is 7.85. The summed E-state index contributed by atoms with van der Waals surface area (Å²) in [6.45, 7) is 0. The Morgan fingerprint density at radius 1 is 1.21 bits per heavy atom. The first-order valence-electron chi connectivity index (χ1n) is 5.17. The molecule has 0 spiro atoms. The van der Waals surface area contributed by atoms with Crippen molar-refractivity contribution in [3.63, 3.8) is 0 Å². The van der Waals surface area contributed by atoms with E-state index in [9.17, 15) is 18.6 Å². The molecule has 0 aliphatic rings. The first-order chi connectivity index (χ1) is 8.88. The van der Waals surface area contributed by atoms with E-state index in [1.54, 1.807) is 0 Å². The van der Waals surface area contributed by atoms with Gasteiger partial charge in [0, 0.05) is 4.90 Å². The second-order valence-corrected chi connectivity index (χ2v) is 5.07. The fraction of sp³-hybridized carbons (Fsp3) is 0.182. The Labute approximate surface area is 111 Å². The van der Waals surface area contributed by atoms with Crippen LogP contribution in [0.15, 0.2) is 29.2 Å². The van der Waals surface area contributed by atoms with Crippen molar-refractivity contribution in [1.82, 2.24) is 5.32 Å². The number of urea groups is 1. The summed E-state index contributed by atoms with van der Waals surface area (Å²) < 4.78 is 11.8. The number of carboxylic acids is 1. The van der Waals surface area contributed by atoms with Crippen molar-refractivity contribution >= 4 is 28.7 Å². The average molecular weight is 284 g/mol. The van der Waals surface area contributed by atoms with E-state index >= 15 is 0 Å². The van der Waals surface area contributed by atoms with Gasteiger partial charge in [-0.3, -0.25) is 19.1 Å². The number of primary amides is 1. The van der Waals surface area contributed by atoms with Gasteiger partial charge in [0.1, 0.15) is 5.75 Å². The Morgan fingerprint density at radius 2 is 1.79 bits per heavy atom. The molecule has 0 heterocycles. The molecule has 19 heavy (non-hydrogen) atoms. The molecule has 0 saturated carbocycles. The van der Waals surface area contributed by atoms with Crippen LogP contribution in [-0.2, 0) is 26.8 Å². The topological polar surface area (TPSA) is 127 Å². The van der Waals surface area contributed by atoms with Gasteiger partial charge in [-0.15, -0.1) is 0 Å². The number of benzene rings is 1. The molecule has 0 aliphatic carbocycles. The van der Waals surface area contributed by atoms with Gasteiger partial charge in [-0.1, -0.05) is 12.1 Å². The van der Waals surface area contributed by atoms with E-state index in [2.05, 4.69) is 0 Å². The lowest BCUT2D eigenvalue weighted by Gasteiger charge is -2.03. The number of carboxylic acid groups (broad SMARTS) is 1. The Hall–Kier alpha value is -2.22. The largest absolute Gasteiger partial charge is 0.481 e. The second-order valence-electron chi connectivity index (χ2n) is 3.62. The number of carbonyl (C=O) groups is 3. The van der Waals surface area contributed by atoms with E-state index in [4.69, 9.17) is 10.8 Å². The number of nitrogens with one attached hydrogen (secondary N) is 1. The van der Waals surface area contributed by atoms with Gasteiger partial charge in [0.2, 0.25) is 5.91 Å². The van der Waals surface area contributed by atoms with Crippen LogP contribution >= 0.6 is 0 Å². The fourth-order valence-electron chi connectivity index (χ4n) is 1.31. The lowest BCUT2D eigenvalue weighted by molar-refractivity contribution is -0.136. The number of imide groups is 1. The highest BCUT2D eigenvalue weighted by atomic mass is 32.2. The summed E-state index contributed by atoms with van der Waals surface area (Å²) in [5, 5.41) is 10.4. The molecule has 0 fully saturated rings. The molecule has 1 aromatic rings. The van der Waals surface area contributed by atoms with Crippen molar-refractivity contribution in [2.24, 2.45) is 5.73 Å². The number of aliphatic carboxylic acids is 1. The molecule has 1 unspecified atom stereocenters. The smallest absolute Gasteiger partial charge is 0.318 e. The lowest BCUT2D eigenvalue weighted by Crippen LogP contribution is -2.37. The Kier molecular flexibility index (Phi) is 5.19. The van der Waals surface area contributed by atoms with E-state index in [0.717, 1.165) is 0 Å². The lowest BCUT2D eigenvalue weighted by atomic mass is 10.2. The van der Waals surface area contributed by atoms with Gasteiger partial charge in [-0.2, -0.15) is 0 Å². The zero-order valence-corrected chi connectivity index (χ0v) is 10.6. The highest BCUT2D eigenvalue weighted by Gasteiger charge is 2.11. The van der Waals surface area contributed by atoms with Crippen LogP contribution in [0.25, 0.3) is 0 Å². The Balaban J connectivity index is 2.65. The summed E-state index contributed by atoms with van der Waals surface area (Å²) >= 11 is 0. The molecule has 0 aromatic heterocycles. The van der Waals surface area contributed by atoms with Crippen molar-refractivity contribution in [3.05, 3.63) is 29.8 Å². The number of rotatable bonds is 5. The number of hydrogen-bond donors (Lipinski definition) is 3. The predicted octanol–water partition coefficient (Wildman–Crippen LogP) is -0.384. The van der Waals surface area contributed by atoms with E-state index in [0.29, 0.717) is 10.5 Å². The van der Waals surface area contributed by atoms with Crippen molar-refractivity contribution in [1.29, 1.82) is 0 Å². The fourth-order valence-corrected chi connectivity index (χ4v) is 2.23. The van der Waals surface area contributed by atoms with Crippen molar-refractivity contribution in [3.8, 4) is 0 Å². The molecule has 0 saturated heterocycles. The van der Waals surface area contributed by atoms with Crippen molar-refractivity contribution in [2.45, 2.75) is 11.3 Å². The molecule has 8 heteroatoms. The van der Waals surface area contributed by atoms with Crippen LogP contribution in [0, 0.1) is 0 Å². The van der Waals surface area contributed by atoms with Gasteiger partial charge in [-0.25, -0.2) is 4.79 Å². The summed E-state index contributed by atoms with van der Waals surface area (Å²) in [5.41, 5.74) is 5.31. The molecular weight excluding hydrogens is 272 g/mol. The number of hydrogen-bond acceptors (Lipinski definition) is 4. The summed E-state index contributed by atoms with van der Waals surface area (Å²) in [6, 6.07) is 5.00. The first kappa shape index (κ1) is 14.8. The van der Waals surface area contributed by atoms with Crippen molar-refractivity contribution < 1.29 is 23.7 Å². The molecule has 1 aromatic carbocycles. The standard InChI is InChI=1S/C11H12N2O5S/c12-11(17)13-9(14)6-19(18)8-3-1-7(2-4-8)5-10(15)16/h1-4H,5-6H2,(H,15,16)(H3,12,13,14,17). The van der Waals surface area contributed by atoms with Gasteiger partial charge in [0.25, 0.3) is 0 Å². The van der Waals surface area contributed by atoms with Gasteiger partial charge in [0.15, 0.2) is 0 Å². The quantitative estimate of drug-likeness (QED) is 0.679. The van der Waals surface area contributed by atoms with Crippen LogP contribution in [0.2, 0.25) is 0 Å². The maximum absolute atomic E-state index is 11.8. The first-order valence-corrected chi connectivity index (χ1v) is 6.49. The average Bonchev–Trinajstić information content (AvgIpc) is 2.27. The monoisotopic (exact) mass is 284 g/mol. The molecule has 1 atom stereocenters. The van der Waals surface area contributed by atoms with Crippen LogP contribution in [-0.4, -0.2) is 33.0 Å². The number of carbonyl (C=O) groups excluding carboxylic acids is 2. The minimum Gasteiger partial charge on any atom is -0.481 e. The Bertz CT molecular complexity index is 526. The zero-order chi connectivity index (χ0) is 14.4. The summed E-state index contributed by atoms with van der Waals surface area (Å²) in [7, 11) is -1.62. The molecule has 0 bridgehead atoms. The molecule has 4 N–H and O–H groups in total. The Morgan fingerprint density at radius 3 is 2.26 bits per heavy atom. The van der Waals surface area contributed by atoms with E-state index in [-0.39, 0.29) is 12.2 Å². The van der Waals surface area contributed by atoms with Crippen LogP contribution in [0.5, 0.6) is 0 Å². The third kappa shape index (κ3) is 5.30. The zero-order valence-electron chi connectivity index (χ0n) is 9.79. The number of nitrogens with two attached hydrogens (primary N) is 1. The van der Waals surface area contributed by atoms with E-state index in [1.165, 1.54) is 24.3 Å². The van der Waals surface area contributed by atoms with Gasteiger partial charge in [-0.05, 0) is 17.7 Å². The van der Waals surface area contributed by atoms with Gasteiger partial charge >= 0.3 is 12.0 Å². The third-order valence-corrected chi connectivity index (χ3v) is 3.39. The maximum atomic E-state index is 11.8. The molecule has 7 nitrogen and oxygen atoms in total. The van der Waals surface area contributed by atoms with Crippen LogP contribution in [0.4, 0.5) is 4.79 Å². The molecule has 1 rings (SSSR count). The van der Waals surface area contributed by atoms with E-state index in [1.807, 2.05) is 5.32 Å². The summed E-state index contributed by atoms with van der Waals surface area (Å²) in [5.74, 6) is -2.09. The highest BCUT2D eigenvalue weighted by Crippen LogP contribution is 2.09. The van der Waals surface area contributed by atoms with E-state index < -0.39 is 28.7 Å². The summed E-state index contributed by atoms with van der Waals surface area (Å²) in [6.07, 6.45) is -0.130. The molecular formula is C11H12N2O5S. The predicted molar refractivity (Wildman–Crippen MR) is 66.8 cm³/mol. The maximum Gasteiger partial charge on any atom is 0.318 e. The van der Waals surface area contributed by atoms with Gasteiger partial charge < -0.3 is 10.8 Å². The SMILES string of the molecule is NC(=O)NC(=O)CS(=O)c1ccc(CC(=O)O)cc1. The van der Waals surface area contributed by atoms with Gasteiger partial charge in [0.05, 0.1) is 17.2 Å². The summed E-state index contributed by atoms with van der Waals surface area (Å²) in [4.78, 5) is 32.4. The minimum absolute atomic E-state index is 0.130. The molecule has 3 amide bonds. The third-order valence-electron chi connectivity index (χ3n) is 2.07. The second kappa shape index (κ2) is 6.64. The number of amides is 3. The van der Waals surface area contributed by atoms with Crippen LogP contribution in [0.3, 0.4) is 0 Å². The van der Waals surface area contributed by atoms with Crippen LogP contribution in [0.1, 0.15) is 5.56 Å².